The van der Waals surface area contributed by atoms with Gasteiger partial charge in [-0.15, -0.1) is 0 Å². The van der Waals surface area contributed by atoms with Gasteiger partial charge in [-0.25, -0.2) is 0 Å². The number of carboxylic acids is 2. The molecule has 0 bridgehead atoms. The summed E-state index contributed by atoms with van der Waals surface area (Å²) in [6.45, 7) is 0.0907. The minimum atomic E-state index is -2.11. The lowest BCUT2D eigenvalue weighted by Crippen LogP contribution is -2.57. The van der Waals surface area contributed by atoms with Gasteiger partial charge in [0.1, 0.15) is 5.54 Å². The van der Waals surface area contributed by atoms with E-state index in [1.165, 1.54) is 0 Å². The molecule has 5 rings (SSSR count). The highest BCUT2D eigenvalue weighted by Gasteiger charge is 2.68. The molecule has 3 aromatic rings. The molecule has 0 aliphatic carbocycles. The van der Waals surface area contributed by atoms with Crippen LogP contribution in [0.15, 0.2) is 84.9 Å². The highest BCUT2D eigenvalue weighted by molar-refractivity contribution is 6.10. The van der Waals surface area contributed by atoms with E-state index in [9.17, 15) is 29.4 Å². The van der Waals surface area contributed by atoms with Crippen molar-refractivity contribution in [2.24, 2.45) is 11.8 Å². The number of carbonyl (C=O) groups is 4. The number of hydrogen-bond acceptors (Lipinski definition) is 5. The minimum Gasteiger partial charge on any atom is -0.481 e. The fraction of sp³-hybridized carbons (Fsp3) is 0.226. The number of imide groups is 1. The van der Waals surface area contributed by atoms with Gasteiger partial charge in [0.15, 0.2) is 0 Å². The maximum Gasteiger partial charge on any atom is 0.325 e. The summed E-state index contributed by atoms with van der Waals surface area (Å²) in [6.07, 6.45) is 3.48. The van der Waals surface area contributed by atoms with Crippen molar-refractivity contribution in [2.75, 3.05) is 6.54 Å². The number of benzene rings is 3. The Morgan fingerprint density at radius 1 is 0.821 bits per heavy atom. The molecule has 8 nitrogen and oxygen atoms in total. The molecule has 4 atom stereocenters. The second-order valence-corrected chi connectivity index (χ2v) is 9.95. The molecule has 8 heteroatoms. The van der Waals surface area contributed by atoms with Crippen LogP contribution in [0.5, 0.6) is 0 Å². The summed E-state index contributed by atoms with van der Waals surface area (Å²) in [4.78, 5) is 52.7. The Balaban J connectivity index is 1.45. The minimum absolute atomic E-state index is 0.0907. The highest BCUT2D eigenvalue weighted by Crippen LogP contribution is 2.50. The number of carboxylic acid groups (broad SMARTS) is 2. The van der Waals surface area contributed by atoms with E-state index in [1.54, 1.807) is 12.1 Å². The average Bonchev–Trinajstić information content (AvgIpc) is 3.41. The van der Waals surface area contributed by atoms with Gasteiger partial charge in [0.2, 0.25) is 11.8 Å². The van der Waals surface area contributed by atoms with E-state index >= 15 is 0 Å². The molecule has 2 fully saturated rings. The van der Waals surface area contributed by atoms with Crippen molar-refractivity contribution in [1.82, 2.24) is 10.2 Å². The summed E-state index contributed by atoms with van der Waals surface area (Å²) in [6, 6.07) is 25.6. The van der Waals surface area contributed by atoms with Gasteiger partial charge in [-0.05, 0) is 28.7 Å². The van der Waals surface area contributed by atoms with Crippen LogP contribution in [0, 0.1) is 11.8 Å². The first kappa shape index (κ1) is 26.1. The lowest BCUT2D eigenvalue weighted by Gasteiger charge is -2.29. The van der Waals surface area contributed by atoms with Crippen LogP contribution in [0.4, 0.5) is 0 Å². The van der Waals surface area contributed by atoms with Crippen LogP contribution < -0.4 is 5.32 Å². The number of likely N-dealkylation sites (tertiary alicyclic amines) is 1. The molecule has 2 aliphatic heterocycles. The topological polar surface area (TPSA) is 124 Å². The molecule has 3 aromatic carbocycles. The van der Waals surface area contributed by atoms with Crippen LogP contribution in [0.1, 0.15) is 34.7 Å². The van der Waals surface area contributed by atoms with Crippen molar-refractivity contribution >= 4 is 35.9 Å². The van der Waals surface area contributed by atoms with E-state index in [0.29, 0.717) is 12.0 Å². The van der Waals surface area contributed by atoms with Gasteiger partial charge >= 0.3 is 11.9 Å². The SMILES string of the molecule is O=C(O)CC1(C(=O)O)NC(c2ccc(C=Cc3ccccc3)cc2)C2C(=O)N(CCc3ccccc3)C(=O)C21. The first-order valence-corrected chi connectivity index (χ1v) is 12.8. The van der Waals surface area contributed by atoms with Gasteiger partial charge in [-0.2, -0.15) is 0 Å². The lowest BCUT2D eigenvalue weighted by molar-refractivity contribution is -0.156. The summed E-state index contributed by atoms with van der Waals surface area (Å²) in [5.41, 5.74) is 1.36. The number of rotatable bonds is 9. The van der Waals surface area contributed by atoms with E-state index in [0.717, 1.165) is 21.6 Å². The highest BCUT2D eigenvalue weighted by atomic mass is 16.4. The van der Waals surface area contributed by atoms with E-state index in [-0.39, 0.29) is 6.54 Å². The van der Waals surface area contributed by atoms with Gasteiger partial charge < -0.3 is 10.2 Å². The van der Waals surface area contributed by atoms with E-state index in [1.807, 2.05) is 84.9 Å². The number of aliphatic carboxylic acids is 2. The van der Waals surface area contributed by atoms with Crippen molar-refractivity contribution in [3.63, 3.8) is 0 Å². The second kappa shape index (κ2) is 10.7. The smallest absolute Gasteiger partial charge is 0.325 e. The van der Waals surface area contributed by atoms with Crippen LogP contribution in [-0.4, -0.2) is 50.9 Å². The van der Waals surface area contributed by atoms with Crippen LogP contribution in [-0.2, 0) is 25.6 Å². The molecule has 0 aromatic heterocycles. The normalized spacial score (nSPS) is 24.3. The van der Waals surface area contributed by atoms with Crippen molar-refractivity contribution in [3.05, 3.63) is 107 Å². The zero-order valence-corrected chi connectivity index (χ0v) is 21.1. The molecule has 4 unspecified atom stereocenters. The largest absolute Gasteiger partial charge is 0.481 e. The van der Waals surface area contributed by atoms with E-state index in [2.05, 4.69) is 5.32 Å². The van der Waals surface area contributed by atoms with E-state index < -0.39 is 53.6 Å². The van der Waals surface area contributed by atoms with Crippen molar-refractivity contribution in [1.29, 1.82) is 0 Å². The maximum atomic E-state index is 13.6. The number of nitrogens with zero attached hydrogens (tertiary/aromatic N) is 1. The van der Waals surface area contributed by atoms with Crippen molar-refractivity contribution in [3.8, 4) is 0 Å². The Kier molecular flexibility index (Phi) is 7.13. The van der Waals surface area contributed by atoms with Crippen molar-refractivity contribution in [2.45, 2.75) is 24.4 Å². The molecule has 198 valence electrons. The monoisotopic (exact) mass is 524 g/mol. The third-order valence-corrected chi connectivity index (χ3v) is 7.59. The zero-order valence-electron chi connectivity index (χ0n) is 21.1. The Morgan fingerprint density at radius 2 is 1.41 bits per heavy atom. The molecule has 3 N–H and O–H groups in total. The number of hydrogen-bond donors (Lipinski definition) is 3. The van der Waals surface area contributed by atoms with Crippen LogP contribution >= 0.6 is 0 Å². The average molecular weight is 525 g/mol. The quantitative estimate of drug-likeness (QED) is 0.288. The molecule has 2 heterocycles. The summed E-state index contributed by atoms with van der Waals surface area (Å²) in [5.74, 6) is -6.34. The lowest BCUT2D eigenvalue weighted by atomic mass is 9.77. The molecule has 2 aliphatic rings. The molecule has 39 heavy (non-hydrogen) atoms. The summed E-state index contributed by atoms with van der Waals surface area (Å²) < 4.78 is 0. The molecular formula is C31H28N2O6. The summed E-state index contributed by atoms with van der Waals surface area (Å²) in [5, 5.41) is 22.8. The zero-order chi connectivity index (χ0) is 27.6. The Labute approximate surface area is 225 Å². The van der Waals surface area contributed by atoms with Crippen LogP contribution in [0.3, 0.4) is 0 Å². The Hall–Kier alpha value is -4.56. The van der Waals surface area contributed by atoms with Gasteiger partial charge in [-0.1, -0.05) is 97.1 Å². The van der Waals surface area contributed by atoms with Crippen molar-refractivity contribution < 1.29 is 29.4 Å². The molecule has 2 saturated heterocycles. The molecule has 0 radical (unpaired) electrons. The number of amides is 2. The fourth-order valence-corrected chi connectivity index (χ4v) is 5.70. The summed E-state index contributed by atoms with van der Waals surface area (Å²) in [7, 11) is 0. The van der Waals surface area contributed by atoms with Gasteiger partial charge in [0.25, 0.3) is 0 Å². The first-order valence-electron chi connectivity index (χ1n) is 12.8. The Bertz CT molecular complexity index is 1420. The van der Waals surface area contributed by atoms with Crippen LogP contribution in [0.2, 0.25) is 0 Å². The fourth-order valence-electron chi connectivity index (χ4n) is 5.70. The summed E-state index contributed by atoms with van der Waals surface area (Å²) >= 11 is 0. The Morgan fingerprint density at radius 3 is 2.00 bits per heavy atom. The second-order valence-electron chi connectivity index (χ2n) is 9.95. The molecule has 0 spiro atoms. The molecule has 2 amide bonds. The number of fused-ring (bicyclic) bond motifs is 1. The van der Waals surface area contributed by atoms with Gasteiger partial charge in [0.05, 0.1) is 18.3 Å². The predicted molar refractivity (Wildman–Crippen MR) is 144 cm³/mol. The van der Waals surface area contributed by atoms with Crippen LogP contribution in [0.25, 0.3) is 12.2 Å². The van der Waals surface area contributed by atoms with E-state index in [4.69, 9.17) is 0 Å². The number of carbonyl (C=O) groups excluding carboxylic acids is 2. The molecular weight excluding hydrogens is 496 g/mol. The van der Waals surface area contributed by atoms with Gasteiger partial charge in [0, 0.05) is 12.6 Å². The first-order chi connectivity index (χ1) is 18.8. The maximum absolute atomic E-state index is 13.6. The van der Waals surface area contributed by atoms with Gasteiger partial charge in [-0.3, -0.25) is 29.4 Å². The predicted octanol–water partition coefficient (Wildman–Crippen LogP) is 3.64. The third kappa shape index (κ3) is 4.98. The molecule has 0 saturated carbocycles. The number of nitrogens with one attached hydrogen (secondary N) is 1. The standard InChI is InChI=1S/C31H28N2O6/c34-24(35)19-31(30(38)39)26-25(28(36)33(29(26)37)18-17-21-9-5-2-6-10-21)27(32-31)23-15-13-22(14-16-23)12-11-20-7-3-1-4-8-20/h1-16,25-27,32H,17-19H2,(H,34,35)(H,38,39). The third-order valence-electron chi connectivity index (χ3n) is 7.59.